The zero-order chi connectivity index (χ0) is 15.2. The van der Waals surface area contributed by atoms with E-state index < -0.39 is 0 Å². The van der Waals surface area contributed by atoms with Crippen LogP contribution in [-0.2, 0) is 0 Å². The summed E-state index contributed by atoms with van der Waals surface area (Å²) in [6.45, 7) is 7.83. The smallest absolute Gasteiger partial charge is 0.317 e. The number of carbonyl (C=O) groups excluding carboxylic acids is 2. The summed E-state index contributed by atoms with van der Waals surface area (Å²) < 4.78 is 0. The van der Waals surface area contributed by atoms with Crippen molar-refractivity contribution in [3.63, 3.8) is 0 Å². The summed E-state index contributed by atoms with van der Waals surface area (Å²) in [6.07, 6.45) is 4.22. The Kier molecular flexibility index (Phi) is 5.70. The van der Waals surface area contributed by atoms with Gasteiger partial charge < -0.3 is 20.4 Å². The molecule has 0 bridgehead atoms. The lowest BCUT2D eigenvalue weighted by molar-refractivity contribution is 0.193. The summed E-state index contributed by atoms with van der Waals surface area (Å²) in [5.41, 5.74) is 0. The van der Waals surface area contributed by atoms with Crippen LogP contribution in [0.5, 0.6) is 0 Å². The molecule has 4 amide bonds. The van der Waals surface area contributed by atoms with Crippen molar-refractivity contribution >= 4 is 12.1 Å². The van der Waals surface area contributed by atoms with Crippen molar-refractivity contribution in [2.75, 3.05) is 32.7 Å². The molecule has 0 radical (unpaired) electrons. The Morgan fingerprint density at radius 1 is 1.05 bits per heavy atom. The highest BCUT2D eigenvalue weighted by molar-refractivity contribution is 5.76. The third-order valence-electron chi connectivity index (χ3n) is 4.44. The summed E-state index contributed by atoms with van der Waals surface area (Å²) in [5, 5.41) is 5.89. The molecule has 0 aliphatic carbocycles. The van der Waals surface area contributed by atoms with E-state index in [1.165, 1.54) is 6.42 Å². The van der Waals surface area contributed by atoms with Crippen LogP contribution in [0, 0.1) is 5.92 Å². The molecule has 2 fully saturated rings. The topological polar surface area (TPSA) is 64.7 Å². The fourth-order valence-electron chi connectivity index (χ4n) is 3.06. The first-order valence-corrected chi connectivity index (χ1v) is 8.18. The molecule has 2 aliphatic rings. The van der Waals surface area contributed by atoms with Gasteiger partial charge in [-0.2, -0.15) is 0 Å². The second-order valence-electron chi connectivity index (χ2n) is 6.24. The molecular formula is C15H28N4O2. The van der Waals surface area contributed by atoms with Gasteiger partial charge in [0.15, 0.2) is 0 Å². The Labute approximate surface area is 127 Å². The van der Waals surface area contributed by atoms with Crippen molar-refractivity contribution in [2.45, 2.75) is 45.6 Å². The average Bonchev–Trinajstić information content (AvgIpc) is 2.80. The van der Waals surface area contributed by atoms with Gasteiger partial charge in [-0.25, -0.2) is 9.59 Å². The number of carbonyl (C=O) groups is 2. The summed E-state index contributed by atoms with van der Waals surface area (Å²) in [5.74, 6) is 0.711. The molecule has 6 nitrogen and oxygen atoms in total. The van der Waals surface area contributed by atoms with E-state index in [1.807, 2.05) is 11.8 Å². The normalized spacial score (nSPS) is 26.4. The summed E-state index contributed by atoms with van der Waals surface area (Å²) in [6, 6.07) is 0.0884. The predicted octanol–water partition coefficient (Wildman–Crippen LogP) is 1.62. The SMILES string of the molecule is CCNC(=O)N1CC[C@@H](NC(=O)N2CCC[C@@H](C)CC2)C1. The van der Waals surface area contributed by atoms with Crippen LogP contribution in [0.1, 0.15) is 39.5 Å². The molecule has 2 rings (SSSR count). The molecule has 0 spiro atoms. The molecule has 21 heavy (non-hydrogen) atoms. The minimum atomic E-state index is -0.0298. The van der Waals surface area contributed by atoms with Crippen molar-refractivity contribution in [1.82, 2.24) is 20.4 Å². The minimum absolute atomic E-state index is 0.0298. The number of amides is 4. The van der Waals surface area contributed by atoms with Crippen LogP contribution in [0.4, 0.5) is 9.59 Å². The van der Waals surface area contributed by atoms with Gasteiger partial charge in [0, 0.05) is 38.8 Å². The van der Waals surface area contributed by atoms with E-state index in [-0.39, 0.29) is 18.1 Å². The third-order valence-corrected chi connectivity index (χ3v) is 4.44. The molecule has 0 saturated carbocycles. The first kappa shape index (κ1) is 15.9. The average molecular weight is 296 g/mol. The largest absolute Gasteiger partial charge is 0.338 e. The van der Waals surface area contributed by atoms with Gasteiger partial charge >= 0.3 is 12.1 Å². The van der Waals surface area contributed by atoms with E-state index in [0.717, 1.165) is 32.4 Å². The summed E-state index contributed by atoms with van der Waals surface area (Å²) in [4.78, 5) is 27.8. The maximum atomic E-state index is 12.3. The number of likely N-dealkylation sites (tertiary alicyclic amines) is 2. The molecule has 2 N–H and O–H groups in total. The van der Waals surface area contributed by atoms with E-state index in [1.54, 1.807) is 4.90 Å². The van der Waals surface area contributed by atoms with Crippen LogP contribution in [0.2, 0.25) is 0 Å². The molecule has 0 unspecified atom stereocenters. The van der Waals surface area contributed by atoms with Crippen LogP contribution in [0.25, 0.3) is 0 Å². The van der Waals surface area contributed by atoms with Gasteiger partial charge in [0.1, 0.15) is 0 Å². The van der Waals surface area contributed by atoms with Gasteiger partial charge in [-0.1, -0.05) is 6.92 Å². The second-order valence-corrected chi connectivity index (χ2v) is 6.24. The molecule has 120 valence electrons. The van der Waals surface area contributed by atoms with E-state index >= 15 is 0 Å². The minimum Gasteiger partial charge on any atom is -0.338 e. The molecular weight excluding hydrogens is 268 g/mol. The standard InChI is InChI=1S/C15H28N4O2/c1-3-16-14(20)19-10-7-13(11-19)17-15(21)18-8-4-5-12(2)6-9-18/h12-13H,3-11H2,1-2H3,(H,16,20)(H,17,21)/t12-,13-/m1/s1. The van der Waals surface area contributed by atoms with Gasteiger partial charge in [0.25, 0.3) is 0 Å². The van der Waals surface area contributed by atoms with Crippen molar-refractivity contribution < 1.29 is 9.59 Å². The van der Waals surface area contributed by atoms with Crippen LogP contribution in [-0.4, -0.2) is 60.6 Å². The van der Waals surface area contributed by atoms with E-state index in [0.29, 0.717) is 25.6 Å². The Morgan fingerprint density at radius 2 is 1.81 bits per heavy atom. The van der Waals surface area contributed by atoms with Crippen LogP contribution < -0.4 is 10.6 Å². The maximum absolute atomic E-state index is 12.3. The monoisotopic (exact) mass is 296 g/mol. The Hall–Kier alpha value is -1.46. The highest BCUT2D eigenvalue weighted by Crippen LogP contribution is 2.17. The Balaban J connectivity index is 1.77. The van der Waals surface area contributed by atoms with Crippen LogP contribution >= 0.6 is 0 Å². The number of urea groups is 2. The number of nitrogens with zero attached hydrogens (tertiary/aromatic N) is 2. The number of rotatable bonds is 2. The molecule has 2 atom stereocenters. The quantitative estimate of drug-likeness (QED) is 0.813. The second kappa shape index (κ2) is 7.52. The number of hydrogen-bond donors (Lipinski definition) is 2. The Morgan fingerprint density at radius 3 is 2.57 bits per heavy atom. The lowest BCUT2D eigenvalue weighted by atomic mass is 10.0. The highest BCUT2D eigenvalue weighted by atomic mass is 16.2. The van der Waals surface area contributed by atoms with Crippen molar-refractivity contribution in [2.24, 2.45) is 5.92 Å². The fourth-order valence-corrected chi connectivity index (χ4v) is 3.06. The van der Waals surface area contributed by atoms with Crippen molar-refractivity contribution in [3.05, 3.63) is 0 Å². The van der Waals surface area contributed by atoms with Gasteiger partial charge in [-0.3, -0.25) is 0 Å². The predicted molar refractivity (Wildman–Crippen MR) is 82.2 cm³/mol. The van der Waals surface area contributed by atoms with E-state index in [2.05, 4.69) is 17.6 Å². The lowest BCUT2D eigenvalue weighted by Crippen LogP contribution is -2.47. The molecule has 0 aromatic rings. The molecule has 0 aromatic heterocycles. The molecule has 2 heterocycles. The lowest BCUT2D eigenvalue weighted by Gasteiger charge is -2.24. The van der Waals surface area contributed by atoms with Crippen LogP contribution in [0.15, 0.2) is 0 Å². The van der Waals surface area contributed by atoms with Crippen molar-refractivity contribution in [1.29, 1.82) is 0 Å². The van der Waals surface area contributed by atoms with Crippen LogP contribution in [0.3, 0.4) is 0 Å². The van der Waals surface area contributed by atoms with E-state index in [9.17, 15) is 9.59 Å². The van der Waals surface area contributed by atoms with Gasteiger partial charge in [0.2, 0.25) is 0 Å². The van der Waals surface area contributed by atoms with Gasteiger partial charge in [-0.15, -0.1) is 0 Å². The molecule has 6 heteroatoms. The van der Waals surface area contributed by atoms with Gasteiger partial charge in [-0.05, 0) is 38.5 Å². The number of nitrogens with one attached hydrogen (secondary N) is 2. The first-order chi connectivity index (χ1) is 10.1. The number of hydrogen-bond acceptors (Lipinski definition) is 2. The van der Waals surface area contributed by atoms with Gasteiger partial charge in [0.05, 0.1) is 0 Å². The Bertz CT molecular complexity index is 375. The first-order valence-electron chi connectivity index (χ1n) is 8.18. The van der Waals surface area contributed by atoms with Crippen molar-refractivity contribution in [3.8, 4) is 0 Å². The fraction of sp³-hybridized carbons (Fsp3) is 0.867. The third kappa shape index (κ3) is 4.51. The highest BCUT2D eigenvalue weighted by Gasteiger charge is 2.28. The summed E-state index contributed by atoms with van der Waals surface area (Å²) in [7, 11) is 0. The zero-order valence-electron chi connectivity index (χ0n) is 13.2. The van der Waals surface area contributed by atoms with E-state index in [4.69, 9.17) is 0 Å². The summed E-state index contributed by atoms with van der Waals surface area (Å²) >= 11 is 0. The molecule has 0 aromatic carbocycles. The molecule has 2 saturated heterocycles. The maximum Gasteiger partial charge on any atom is 0.317 e. The molecule has 2 aliphatic heterocycles. The zero-order valence-corrected chi connectivity index (χ0v) is 13.2.